The minimum absolute atomic E-state index is 0. The zero-order valence-electron chi connectivity index (χ0n) is 5.23. The van der Waals surface area contributed by atoms with Gasteiger partial charge in [0.25, 0.3) is 0 Å². The molecule has 4 nitrogen and oxygen atoms in total. The third kappa shape index (κ3) is 5.57. The number of aliphatic carboxylic acids is 1. The van der Waals surface area contributed by atoms with Crippen LogP contribution in [0, 0.1) is 0 Å². The Balaban J connectivity index is 0. The summed E-state index contributed by atoms with van der Waals surface area (Å²) >= 11 is 0. The van der Waals surface area contributed by atoms with Crippen LogP contribution in [0.2, 0.25) is 0 Å². The molecule has 0 atom stereocenters. The van der Waals surface area contributed by atoms with Crippen LogP contribution in [0.4, 0.5) is 0 Å². The van der Waals surface area contributed by atoms with E-state index in [0.29, 0.717) is 0 Å². The number of Topliss-reactive ketones (excluding diaryl/α,β-unsaturated/α-hetero) is 2. The zero-order chi connectivity index (χ0) is 7.44. The van der Waals surface area contributed by atoms with Crippen molar-refractivity contribution >= 4 is 17.5 Å². The summed E-state index contributed by atoms with van der Waals surface area (Å²) in [7, 11) is 0. The predicted molar refractivity (Wildman–Crippen MR) is 27.9 cm³/mol. The SMILES string of the molecule is CC(=O)CC(=O)C(=O)O.[Ru]. The normalized spacial score (nSPS) is 7.70. The van der Waals surface area contributed by atoms with E-state index in [1.807, 2.05) is 0 Å². The molecule has 0 fully saturated rings. The van der Waals surface area contributed by atoms with Gasteiger partial charge in [0.2, 0.25) is 5.78 Å². The van der Waals surface area contributed by atoms with Gasteiger partial charge < -0.3 is 5.11 Å². The molecule has 0 aromatic rings. The molecule has 0 aliphatic rings. The molecule has 0 bridgehead atoms. The second-order valence-electron chi connectivity index (χ2n) is 1.61. The molecule has 0 saturated carbocycles. The molecular weight excluding hydrogens is 225 g/mol. The molecule has 0 aromatic heterocycles. The molecule has 5 heteroatoms. The first-order valence-corrected chi connectivity index (χ1v) is 2.29. The standard InChI is InChI=1S/C5H6O4.Ru/c1-3(6)2-4(7)5(8)9;/h2H2,1H3,(H,8,9);. The summed E-state index contributed by atoms with van der Waals surface area (Å²) < 4.78 is 0. The van der Waals surface area contributed by atoms with Crippen molar-refractivity contribution in [3.8, 4) is 0 Å². The first kappa shape index (κ1) is 12.1. The molecule has 0 spiro atoms. The van der Waals surface area contributed by atoms with E-state index in [9.17, 15) is 14.4 Å². The average molecular weight is 231 g/mol. The Kier molecular flexibility index (Phi) is 6.36. The summed E-state index contributed by atoms with van der Waals surface area (Å²) in [6, 6.07) is 0. The van der Waals surface area contributed by atoms with Gasteiger partial charge in [-0.3, -0.25) is 9.59 Å². The zero-order valence-corrected chi connectivity index (χ0v) is 6.97. The Morgan fingerprint density at radius 2 is 1.70 bits per heavy atom. The van der Waals surface area contributed by atoms with Crippen LogP contribution in [0.15, 0.2) is 0 Å². The van der Waals surface area contributed by atoms with Crippen molar-refractivity contribution in [2.45, 2.75) is 13.3 Å². The van der Waals surface area contributed by atoms with Crippen LogP contribution in [-0.2, 0) is 33.9 Å². The number of hydrogen-bond donors (Lipinski definition) is 1. The van der Waals surface area contributed by atoms with Gasteiger partial charge in [-0.05, 0) is 6.92 Å². The van der Waals surface area contributed by atoms with E-state index >= 15 is 0 Å². The van der Waals surface area contributed by atoms with Crippen LogP contribution in [0.25, 0.3) is 0 Å². The van der Waals surface area contributed by atoms with E-state index in [2.05, 4.69) is 0 Å². The molecule has 1 N–H and O–H groups in total. The van der Waals surface area contributed by atoms with E-state index in [0.717, 1.165) is 0 Å². The summed E-state index contributed by atoms with van der Waals surface area (Å²) in [6.07, 6.45) is -0.505. The average Bonchev–Trinajstić information content (AvgIpc) is 1.63. The van der Waals surface area contributed by atoms with Gasteiger partial charge in [-0.2, -0.15) is 0 Å². The van der Waals surface area contributed by atoms with Gasteiger partial charge in [0.05, 0.1) is 6.42 Å². The Morgan fingerprint density at radius 3 is 1.80 bits per heavy atom. The molecular formula is C5H6O4Ru. The number of hydrogen-bond acceptors (Lipinski definition) is 3. The van der Waals surface area contributed by atoms with Crippen LogP contribution in [0.3, 0.4) is 0 Å². The molecule has 58 valence electrons. The quantitative estimate of drug-likeness (QED) is 0.408. The van der Waals surface area contributed by atoms with Gasteiger partial charge in [-0.1, -0.05) is 0 Å². The van der Waals surface area contributed by atoms with E-state index < -0.39 is 24.0 Å². The Hall–Kier alpha value is -0.567. The second kappa shape index (κ2) is 5.24. The molecule has 0 aliphatic carbocycles. The molecule has 10 heavy (non-hydrogen) atoms. The van der Waals surface area contributed by atoms with E-state index in [4.69, 9.17) is 5.11 Å². The number of carboxylic acid groups (broad SMARTS) is 1. The van der Waals surface area contributed by atoms with Crippen LogP contribution < -0.4 is 0 Å². The fraction of sp³-hybridized carbons (Fsp3) is 0.400. The number of carboxylic acids is 1. The van der Waals surface area contributed by atoms with Gasteiger partial charge in [0.1, 0.15) is 5.78 Å². The van der Waals surface area contributed by atoms with Crippen LogP contribution in [0.1, 0.15) is 13.3 Å². The van der Waals surface area contributed by atoms with Crippen molar-refractivity contribution in [2.24, 2.45) is 0 Å². The summed E-state index contributed by atoms with van der Waals surface area (Å²) in [5.74, 6) is -3.03. The maximum absolute atomic E-state index is 10.1. The topological polar surface area (TPSA) is 71.4 Å². The minimum atomic E-state index is -1.55. The van der Waals surface area contributed by atoms with Crippen LogP contribution in [-0.4, -0.2) is 22.6 Å². The Labute approximate surface area is 70.4 Å². The van der Waals surface area contributed by atoms with Gasteiger partial charge >= 0.3 is 5.97 Å². The van der Waals surface area contributed by atoms with Crippen molar-refractivity contribution in [3.63, 3.8) is 0 Å². The van der Waals surface area contributed by atoms with Gasteiger partial charge in [-0.15, -0.1) is 0 Å². The summed E-state index contributed by atoms with van der Waals surface area (Å²) in [6.45, 7) is 1.17. The summed E-state index contributed by atoms with van der Waals surface area (Å²) in [5.41, 5.74) is 0. The Morgan fingerprint density at radius 1 is 1.30 bits per heavy atom. The van der Waals surface area contributed by atoms with E-state index in [1.165, 1.54) is 6.92 Å². The van der Waals surface area contributed by atoms with E-state index in [1.54, 1.807) is 0 Å². The van der Waals surface area contributed by atoms with Crippen molar-refractivity contribution in [3.05, 3.63) is 0 Å². The fourth-order valence-electron chi connectivity index (χ4n) is 0.302. The first-order chi connectivity index (χ1) is 4.04. The third-order valence-electron chi connectivity index (χ3n) is 0.648. The van der Waals surface area contributed by atoms with Gasteiger partial charge in [0, 0.05) is 19.5 Å². The smallest absolute Gasteiger partial charge is 0.372 e. The molecule has 0 amide bonds. The van der Waals surface area contributed by atoms with E-state index in [-0.39, 0.29) is 19.5 Å². The first-order valence-electron chi connectivity index (χ1n) is 2.29. The maximum atomic E-state index is 10.1. The molecule has 0 rings (SSSR count). The van der Waals surface area contributed by atoms with Crippen LogP contribution in [0.5, 0.6) is 0 Å². The molecule has 0 heterocycles. The van der Waals surface area contributed by atoms with Crippen LogP contribution >= 0.6 is 0 Å². The molecule has 0 unspecified atom stereocenters. The number of ketones is 2. The maximum Gasteiger partial charge on any atom is 0.372 e. The minimum Gasteiger partial charge on any atom is -0.475 e. The largest absolute Gasteiger partial charge is 0.475 e. The molecule has 0 saturated heterocycles. The number of rotatable bonds is 3. The van der Waals surface area contributed by atoms with Gasteiger partial charge in [0.15, 0.2) is 0 Å². The Bertz CT molecular complexity index is 163. The molecule has 0 aromatic carbocycles. The monoisotopic (exact) mass is 232 g/mol. The summed E-state index contributed by atoms with van der Waals surface area (Å²) in [5, 5.41) is 7.93. The summed E-state index contributed by atoms with van der Waals surface area (Å²) in [4.78, 5) is 29.9. The fourth-order valence-corrected chi connectivity index (χ4v) is 0.302. The molecule has 0 radical (unpaired) electrons. The third-order valence-corrected chi connectivity index (χ3v) is 0.648. The van der Waals surface area contributed by atoms with Crippen molar-refractivity contribution < 1.29 is 39.0 Å². The predicted octanol–water partition coefficient (Wildman–Crippen LogP) is -0.383. The van der Waals surface area contributed by atoms with Crippen molar-refractivity contribution in [1.29, 1.82) is 0 Å². The van der Waals surface area contributed by atoms with Gasteiger partial charge in [-0.25, -0.2) is 4.79 Å². The second-order valence-corrected chi connectivity index (χ2v) is 1.61. The number of carbonyl (C=O) groups is 3. The van der Waals surface area contributed by atoms with Crippen molar-refractivity contribution in [2.75, 3.05) is 0 Å². The van der Waals surface area contributed by atoms with Crippen molar-refractivity contribution in [1.82, 2.24) is 0 Å². The number of carbonyl (C=O) groups excluding carboxylic acids is 2. The molecule has 0 aliphatic heterocycles.